The highest BCUT2D eigenvalue weighted by atomic mass is 32.2. The Bertz CT molecular complexity index is 915. The summed E-state index contributed by atoms with van der Waals surface area (Å²) in [5.74, 6) is 6.84. The number of benzene rings is 2. The monoisotopic (exact) mass is 358 g/mol. The molecule has 3 rings (SSSR count). The molecule has 1 amide bonds. The molecular formula is C22H18N2OS. The molecule has 0 spiro atoms. The minimum Gasteiger partial charge on any atom is -0.326 e. The molecule has 0 aliphatic rings. The smallest absolute Gasteiger partial charge is 0.225 e. The molecule has 1 N–H and O–H groups in total. The van der Waals surface area contributed by atoms with Crippen LogP contribution in [0.5, 0.6) is 0 Å². The fourth-order valence-electron chi connectivity index (χ4n) is 2.25. The second-order valence-corrected chi connectivity index (χ2v) is 6.67. The minimum atomic E-state index is 0.00302. The lowest BCUT2D eigenvalue weighted by atomic mass is 10.2. The molecule has 0 unspecified atom stereocenters. The number of hydrogen-bond acceptors (Lipinski definition) is 3. The number of carbonyl (C=O) groups is 1. The third kappa shape index (κ3) is 5.80. The van der Waals surface area contributed by atoms with Crippen LogP contribution in [0.4, 0.5) is 5.69 Å². The van der Waals surface area contributed by atoms with Gasteiger partial charge in [0.15, 0.2) is 0 Å². The first-order valence-corrected chi connectivity index (χ1v) is 9.29. The van der Waals surface area contributed by atoms with Crippen molar-refractivity contribution < 1.29 is 4.79 Å². The van der Waals surface area contributed by atoms with E-state index >= 15 is 0 Å². The Morgan fingerprint density at radius 2 is 1.81 bits per heavy atom. The van der Waals surface area contributed by atoms with Gasteiger partial charge in [0.1, 0.15) is 5.69 Å². The molecule has 0 saturated heterocycles. The Morgan fingerprint density at radius 1 is 0.962 bits per heavy atom. The number of carbonyl (C=O) groups excluding carboxylic acids is 1. The van der Waals surface area contributed by atoms with E-state index < -0.39 is 0 Å². The zero-order valence-electron chi connectivity index (χ0n) is 14.2. The van der Waals surface area contributed by atoms with Gasteiger partial charge in [-0.25, -0.2) is 4.98 Å². The van der Waals surface area contributed by atoms with Crippen LogP contribution in [0, 0.1) is 11.8 Å². The maximum Gasteiger partial charge on any atom is 0.225 e. The average Bonchev–Trinajstić information content (AvgIpc) is 2.68. The van der Waals surface area contributed by atoms with E-state index in [2.05, 4.69) is 22.1 Å². The summed E-state index contributed by atoms with van der Waals surface area (Å²) in [6.07, 6.45) is 2.18. The van der Waals surface area contributed by atoms with E-state index in [1.807, 2.05) is 72.8 Å². The van der Waals surface area contributed by atoms with Gasteiger partial charge in [0.25, 0.3) is 0 Å². The molecule has 0 atom stereocenters. The zero-order chi connectivity index (χ0) is 18.0. The van der Waals surface area contributed by atoms with Crippen LogP contribution in [0.15, 0.2) is 83.9 Å². The van der Waals surface area contributed by atoms with Gasteiger partial charge in [0.2, 0.25) is 5.91 Å². The summed E-state index contributed by atoms with van der Waals surface area (Å²) < 4.78 is 0. The molecule has 1 heterocycles. The Labute approximate surface area is 157 Å². The first-order chi connectivity index (χ1) is 12.8. The van der Waals surface area contributed by atoms with Crippen molar-refractivity contribution >= 4 is 23.4 Å². The van der Waals surface area contributed by atoms with Crippen molar-refractivity contribution in [2.75, 3.05) is 11.1 Å². The van der Waals surface area contributed by atoms with Crippen LogP contribution in [-0.4, -0.2) is 16.6 Å². The molecule has 0 fully saturated rings. The quantitative estimate of drug-likeness (QED) is 0.535. The maximum absolute atomic E-state index is 12.1. The molecule has 26 heavy (non-hydrogen) atoms. The van der Waals surface area contributed by atoms with Crippen LogP contribution in [0.1, 0.15) is 17.7 Å². The summed E-state index contributed by atoms with van der Waals surface area (Å²) in [7, 11) is 0. The number of nitrogens with one attached hydrogen (secondary N) is 1. The van der Waals surface area contributed by atoms with Gasteiger partial charge in [-0.2, -0.15) is 0 Å². The van der Waals surface area contributed by atoms with Gasteiger partial charge in [0, 0.05) is 34.5 Å². The van der Waals surface area contributed by atoms with Crippen molar-refractivity contribution in [1.82, 2.24) is 4.98 Å². The SMILES string of the molecule is O=C(CCSc1ccccc1)Nc1cccc(C#Cc2ccccn2)c1. The van der Waals surface area contributed by atoms with Gasteiger partial charge in [-0.15, -0.1) is 11.8 Å². The second kappa shape index (κ2) is 9.45. The predicted molar refractivity (Wildman–Crippen MR) is 107 cm³/mol. The van der Waals surface area contributed by atoms with Gasteiger partial charge in [-0.3, -0.25) is 4.79 Å². The van der Waals surface area contributed by atoms with E-state index in [9.17, 15) is 4.79 Å². The lowest BCUT2D eigenvalue weighted by Crippen LogP contribution is -2.12. The number of nitrogens with zero attached hydrogens (tertiary/aromatic N) is 1. The molecule has 1 aromatic heterocycles. The summed E-state index contributed by atoms with van der Waals surface area (Å²) in [5.41, 5.74) is 2.32. The van der Waals surface area contributed by atoms with Gasteiger partial charge in [-0.05, 0) is 48.4 Å². The highest BCUT2D eigenvalue weighted by Gasteiger charge is 2.03. The lowest BCUT2D eigenvalue weighted by Gasteiger charge is -2.05. The van der Waals surface area contributed by atoms with Crippen molar-refractivity contribution in [1.29, 1.82) is 0 Å². The molecule has 0 saturated carbocycles. The third-order valence-corrected chi connectivity index (χ3v) is 4.50. The number of rotatable bonds is 5. The van der Waals surface area contributed by atoms with E-state index in [1.54, 1.807) is 18.0 Å². The zero-order valence-corrected chi connectivity index (χ0v) is 15.0. The van der Waals surface area contributed by atoms with Crippen LogP contribution < -0.4 is 5.32 Å². The molecule has 0 bridgehead atoms. The Hall–Kier alpha value is -3.03. The molecule has 4 heteroatoms. The number of pyridine rings is 1. The Balaban J connectivity index is 1.53. The Kier molecular flexibility index (Phi) is 6.46. The largest absolute Gasteiger partial charge is 0.326 e. The predicted octanol–water partition coefficient (Wildman–Crippen LogP) is 4.60. The Morgan fingerprint density at radius 3 is 2.62 bits per heavy atom. The molecular weight excluding hydrogens is 340 g/mol. The fraction of sp³-hybridized carbons (Fsp3) is 0.0909. The van der Waals surface area contributed by atoms with E-state index in [4.69, 9.17) is 0 Å². The van der Waals surface area contributed by atoms with Crippen molar-refractivity contribution in [3.8, 4) is 11.8 Å². The molecule has 128 valence electrons. The number of anilines is 1. The standard InChI is InChI=1S/C22H18N2OS/c25-22(14-16-26-21-10-2-1-3-11-21)24-20-9-6-7-18(17-20)12-13-19-8-4-5-15-23-19/h1-11,15,17H,14,16H2,(H,24,25). The van der Waals surface area contributed by atoms with Gasteiger partial charge in [0.05, 0.1) is 0 Å². The lowest BCUT2D eigenvalue weighted by molar-refractivity contribution is -0.115. The highest BCUT2D eigenvalue weighted by molar-refractivity contribution is 7.99. The topological polar surface area (TPSA) is 42.0 Å². The van der Waals surface area contributed by atoms with Gasteiger partial charge < -0.3 is 5.32 Å². The van der Waals surface area contributed by atoms with Crippen LogP contribution in [0.25, 0.3) is 0 Å². The van der Waals surface area contributed by atoms with Crippen LogP contribution in [0.2, 0.25) is 0 Å². The highest BCUT2D eigenvalue weighted by Crippen LogP contribution is 2.18. The van der Waals surface area contributed by atoms with Crippen molar-refractivity contribution in [2.45, 2.75) is 11.3 Å². The van der Waals surface area contributed by atoms with Crippen molar-refractivity contribution in [3.05, 3.63) is 90.3 Å². The summed E-state index contributed by atoms with van der Waals surface area (Å²) in [4.78, 5) is 17.5. The molecule has 0 aliphatic carbocycles. The minimum absolute atomic E-state index is 0.00302. The average molecular weight is 358 g/mol. The molecule has 3 aromatic rings. The summed E-state index contributed by atoms with van der Waals surface area (Å²) in [6, 6.07) is 23.3. The van der Waals surface area contributed by atoms with E-state index in [0.29, 0.717) is 6.42 Å². The van der Waals surface area contributed by atoms with Gasteiger partial charge in [-0.1, -0.05) is 36.3 Å². The molecule has 2 aromatic carbocycles. The second-order valence-electron chi connectivity index (χ2n) is 5.51. The number of hydrogen-bond donors (Lipinski definition) is 1. The molecule has 3 nitrogen and oxygen atoms in total. The third-order valence-electron chi connectivity index (χ3n) is 3.49. The number of amides is 1. The number of aromatic nitrogens is 1. The number of thioether (sulfide) groups is 1. The van der Waals surface area contributed by atoms with Crippen LogP contribution in [-0.2, 0) is 4.79 Å². The van der Waals surface area contributed by atoms with E-state index in [0.717, 1.165) is 22.7 Å². The fourth-order valence-corrected chi connectivity index (χ4v) is 3.12. The summed E-state index contributed by atoms with van der Waals surface area (Å²) >= 11 is 1.68. The van der Waals surface area contributed by atoms with Crippen molar-refractivity contribution in [3.63, 3.8) is 0 Å². The molecule has 0 aliphatic heterocycles. The van der Waals surface area contributed by atoms with E-state index in [-0.39, 0.29) is 5.91 Å². The molecule has 0 radical (unpaired) electrons. The van der Waals surface area contributed by atoms with Crippen LogP contribution in [0.3, 0.4) is 0 Å². The summed E-state index contributed by atoms with van der Waals surface area (Å²) in [5, 5.41) is 2.93. The van der Waals surface area contributed by atoms with E-state index in [1.165, 1.54) is 4.90 Å². The first kappa shape index (κ1) is 17.8. The maximum atomic E-state index is 12.1. The van der Waals surface area contributed by atoms with Gasteiger partial charge >= 0.3 is 0 Å². The van der Waals surface area contributed by atoms with Crippen LogP contribution >= 0.6 is 11.8 Å². The first-order valence-electron chi connectivity index (χ1n) is 8.30. The normalized spacial score (nSPS) is 9.85. The van der Waals surface area contributed by atoms with Crippen molar-refractivity contribution in [2.24, 2.45) is 0 Å². The summed E-state index contributed by atoms with van der Waals surface area (Å²) in [6.45, 7) is 0.